The molecule has 0 aliphatic carbocycles. The molecule has 1 atom stereocenters. The molecule has 0 spiro atoms. The van der Waals surface area contributed by atoms with E-state index in [1.807, 2.05) is 6.92 Å². The molecule has 1 rings (SSSR count). The van der Waals surface area contributed by atoms with Crippen molar-refractivity contribution in [2.24, 2.45) is 0 Å². The highest BCUT2D eigenvalue weighted by atomic mass is 19.1. The molecule has 0 radical (unpaired) electrons. The second-order valence-electron chi connectivity index (χ2n) is 4.35. The molecular formula is C14H18FNO4. The quantitative estimate of drug-likeness (QED) is 0.752. The molecule has 1 aromatic carbocycles. The molecule has 1 aromatic rings. The highest BCUT2D eigenvalue weighted by molar-refractivity contribution is 5.91. The van der Waals surface area contributed by atoms with Gasteiger partial charge in [0.1, 0.15) is 17.1 Å². The number of halogens is 1. The fraction of sp³-hybridized carbons (Fsp3) is 0.429. The number of benzene rings is 1. The molecule has 5 nitrogen and oxygen atoms in total. The van der Waals surface area contributed by atoms with Crippen LogP contribution in [-0.4, -0.2) is 29.6 Å². The molecule has 2 N–H and O–H groups in total. The maximum atomic E-state index is 13.1. The van der Waals surface area contributed by atoms with Crippen LogP contribution in [0.3, 0.4) is 0 Å². The van der Waals surface area contributed by atoms with Gasteiger partial charge in [-0.15, -0.1) is 0 Å². The van der Waals surface area contributed by atoms with Gasteiger partial charge in [-0.1, -0.05) is 13.3 Å². The molecule has 110 valence electrons. The van der Waals surface area contributed by atoms with Crippen molar-refractivity contribution >= 4 is 11.9 Å². The van der Waals surface area contributed by atoms with Crippen LogP contribution in [0.4, 0.5) is 4.39 Å². The van der Waals surface area contributed by atoms with Gasteiger partial charge in [0.15, 0.2) is 6.10 Å². The molecule has 20 heavy (non-hydrogen) atoms. The van der Waals surface area contributed by atoms with Crippen LogP contribution < -0.4 is 10.1 Å². The van der Waals surface area contributed by atoms with Gasteiger partial charge in [0.25, 0.3) is 5.91 Å². The van der Waals surface area contributed by atoms with E-state index in [4.69, 9.17) is 9.84 Å². The fourth-order valence-corrected chi connectivity index (χ4v) is 1.55. The first-order valence-corrected chi connectivity index (χ1v) is 6.43. The van der Waals surface area contributed by atoms with Crippen LogP contribution in [0.5, 0.6) is 5.75 Å². The van der Waals surface area contributed by atoms with Crippen LogP contribution in [0.2, 0.25) is 0 Å². The van der Waals surface area contributed by atoms with Gasteiger partial charge < -0.3 is 15.2 Å². The van der Waals surface area contributed by atoms with Crippen LogP contribution in [0, 0.1) is 5.82 Å². The molecule has 0 saturated carbocycles. The first-order valence-electron chi connectivity index (χ1n) is 6.43. The summed E-state index contributed by atoms with van der Waals surface area (Å²) < 4.78 is 18.4. The number of hydrogen-bond acceptors (Lipinski definition) is 3. The third-order valence-electron chi connectivity index (χ3n) is 2.68. The van der Waals surface area contributed by atoms with Crippen molar-refractivity contribution in [1.82, 2.24) is 5.32 Å². The van der Waals surface area contributed by atoms with Crippen molar-refractivity contribution in [2.75, 3.05) is 6.54 Å². The predicted octanol–water partition coefficient (Wildman–Crippen LogP) is 2.21. The normalized spacial score (nSPS) is 11.8. The van der Waals surface area contributed by atoms with Gasteiger partial charge in [-0.25, -0.2) is 9.18 Å². The van der Waals surface area contributed by atoms with Gasteiger partial charge in [0.2, 0.25) is 0 Å². The molecule has 0 aliphatic heterocycles. The average molecular weight is 283 g/mol. The van der Waals surface area contributed by atoms with Gasteiger partial charge in [0, 0.05) is 12.6 Å². The number of ether oxygens (including phenoxy) is 1. The maximum absolute atomic E-state index is 13.1. The summed E-state index contributed by atoms with van der Waals surface area (Å²) in [6, 6.07) is 3.09. The van der Waals surface area contributed by atoms with Crippen molar-refractivity contribution in [3.63, 3.8) is 0 Å². The molecule has 1 unspecified atom stereocenters. The van der Waals surface area contributed by atoms with Crippen LogP contribution >= 0.6 is 0 Å². The van der Waals surface area contributed by atoms with E-state index in [-0.39, 0.29) is 17.2 Å². The van der Waals surface area contributed by atoms with Gasteiger partial charge in [-0.05, 0) is 25.5 Å². The van der Waals surface area contributed by atoms with Crippen LogP contribution in [-0.2, 0) is 4.79 Å². The van der Waals surface area contributed by atoms with Gasteiger partial charge in [0.05, 0.1) is 0 Å². The highest BCUT2D eigenvalue weighted by Gasteiger charge is 2.19. The standard InChI is InChI=1S/C14H18FNO4/c1-3-4-7-16-13(17)9(2)20-12-8-10(15)5-6-11(12)14(18)19/h5-6,8-9H,3-4,7H2,1-2H3,(H,16,17)(H,18,19). The molecule has 0 heterocycles. The number of hydrogen-bond donors (Lipinski definition) is 2. The Morgan fingerprint density at radius 3 is 2.75 bits per heavy atom. The maximum Gasteiger partial charge on any atom is 0.339 e. The first-order chi connectivity index (χ1) is 9.45. The molecule has 0 saturated heterocycles. The number of nitrogens with one attached hydrogen (secondary N) is 1. The SMILES string of the molecule is CCCCNC(=O)C(C)Oc1cc(F)ccc1C(=O)O. The van der Waals surface area contributed by atoms with Crippen LogP contribution in [0.1, 0.15) is 37.0 Å². The topological polar surface area (TPSA) is 75.6 Å². The zero-order valence-corrected chi connectivity index (χ0v) is 11.5. The Morgan fingerprint density at radius 2 is 2.15 bits per heavy atom. The van der Waals surface area contributed by atoms with Crippen molar-refractivity contribution in [1.29, 1.82) is 0 Å². The molecule has 1 amide bonds. The number of carbonyl (C=O) groups is 2. The van der Waals surface area contributed by atoms with E-state index in [0.717, 1.165) is 31.0 Å². The Morgan fingerprint density at radius 1 is 1.45 bits per heavy atom. The number of aromatic carboxylic acids is 1. The summed E-state index contributed by atoms with van der Waals surface area (Å²) in [5, 5.41) is 11.6. The zero-order valence-electron chi connectivity index (χ0n) is 11.5. The molecule has 0 aromatic heterocycles. The first kappa shape index (κ1) is 15.9. The summed E-state index contributed by atoms with van der Waals surface area (Å²) in [5.74, 6) is -2.38. The Bertz CT molecular complexity index is 490. The van der Waals surface area contributed by atoms with Crippen molar-refractivity contribution in [2.45, 2.75) is 32.8 Å². The van der Waals surface area contributed by atoms with E-state index in [1.165, 1.54) is 6.92 Å². The third-order valence-corrected chi connectivity index (χ3v) is 2.68. The van der Waals surface area contributed by atoms with E-state index in [0.29, 0.717) is 6.54 Å². The summed E-state index contributed by atoms with van der Waals surface area (Å²) in [4.78, 5) is 22.7. The summed E-state index contributed by atoms with van der Waals surface area (Å²) in [6.07, 6.45) is 0.897. The Labute approximate surface area is 116 Å². The molecule has 0 fully saturated rings. The van der Waals surface area contributed by atoms with Crippen molar-refractivity contribution in [3.8, 4) is 5.75 Å². The largest absolute Gasteiger partial charge is 0.480 e. The lowest BCUT2D eigenvalue weighted by Crippen LogP contribution is -2.37. The average Bonchev–Trinajstić information content (AvgIpc) is 2.38. The minimum atomic E-state index is -1.24. The number of carboxylic acid groups (broad SMARTS) is 1. The Kier molecular flexibility index (Phi) is 5.96. The lowest BCUT2D eigenvalue weighted by Gasteiger charge is -2.16. The van der Waals surface area contributed by atoms with E-state index < -0.39 is 17.9 Å². The summed E-state index contributed by atoms with van der Waals surface area (Å²) in [5.41, 5.74) is -0.181. The van der Waals surface area contributed by atoms with Crippen molar-refractivity contribution in [3.05, 3.63) is 29.6 Å². The summed E-state index contributed by atoms with van der Waals surface area (Å²) in [6.45, 7) is 4.01. The molecule has 0 aliphatic rings. The summed E-state index contributed by atoms with van der Waals surface area (Å²) in [7, 11) is 0. The van der Waals surface area contributed by atoms with E-state index in [9.17, 15) is 14.0 Å². The predicted molar refractivity (Wildman–Crippen MR) is 71.4 cm³/mol. The van der Waals surface area contributed by atoms with Crippen LogP contribution in [0.25, 0.3) is 0 Å². The van der Waals surface area contributed by atoms with E-state index >= 15 is 0 Å². The van der Waals surface area contributed by atoms with Crippen molar-refractivity contribution < 1.29 is 23.8 Å². The number of carboxylic acids is 1. The zero-order chi connectivity index (χ0) is 15.1. The number of unbranched alkanes of at least 4 members (excludes halogenated alkanes) is 1. The monoisotopic (exact) mass is 283 g/mol. The minimum Gasteiger partial charge on any atom is -0.480 e. The summed E-state index contributed by atoms with van der Waals surface area (Å²) >= 11 is 0. The number of amides is 1. The smallest absolute Gasteiger partial charge is 0.339 e. The lowest BCUT2D eigenvalue weighted by atomic mass is 10.2. The number of rotatable bonds is 7. The second kappa shape index (κ2) is 7.47. The van der Waals surface area contributed by atoms with Crippen LogP contribution in [0.15, 0.2) is 18.2 Å². The molecular weight excluding hydrogens is 265 g/mol. The fourth-order valence-electron chi connectivity index (χ4n) is 1.55. The minimum absolute atomic E-state index is 0.157. The molecule has 0 bridgehead atoms. The number of carbonyl (C=O) groups excluding carboxylic acids is 1. The van der Waals surface area contributed by atoms with E-state index in [1.54, 1.807) is 0 Å². The second-order valence-corrected chi connectivity index (χ2v) is 4.35. The van der Waals surface area contributed by atoms with E-state index in [2.05, 4.69) is 5.32 Å². The van der Waals surface area contributed by atoms with Gasteiger partial charge in [-0.2, -0.15) is 0 Å². The molecule has 6 heteroatoms. The van der Waals surface area contributed by atoms with Gasteiger partial charge in [-0.3, -0.25) is 4.79 Å². The Balaban J connectivity index is 2.74. The Hall–Kier alpha value is -2.11. The van der Waals surface area contributed by atoms with Gasteiger partial charge >= 0.3 is 5.97 Å². The lowest BCUT2D eigenvalue weighted by molar-refractivity contribution is -0.127. The third kappa shape index (κ3) is 4.53. The highest BCUT2D eigenvalue weighted by Crippen LogP contribution is 2.21.